The van der Waals surface area contributed by atoms with E-state index in [1.165, 1.54) is 11.8 Å². The number of nitrogens with zero attached hydrogens (tertiary/aromatic N) is 1. The molecule has 6 heteroatoms. The Morgan fingerprint density at radius 3 is 2.90 bits per heavy atom. The Kier molecular flexibility index (Phi) is 4.53. The van der Waals surface area contributed by atoms with Crippen molar-refractivity contribution in [2.75, 3.05) is 0 Å². The van der Waals surface area contributed by atoms with Crippen LogP contribution in [0.2, 0.25) is 5.02 Å². The lowest BCUT2D eigenvalue weighted by atomic mass is 10.2. The SMILES string of the molecule is O=C1SC(SCc2ccccc2Cl)=NC1=Cc1ccco1. The van der Waals surface area contributed by atoms with Gasteiger partial charge in [0.2, 0.25) is 5.12 Å². The molecule has 0 bridgehead atoms. The van der Waals surface area contributed by atoms with Crippen molar-refractivity contribution in [3.05, 3.63) is 64.7 Å². The molecule has 0 unspecified atom stereocenters. The van der Waals surface area contributed by atoms with Crippen molar-refractivity contribution in [1.29, 1.82) is 0 Å². The zero-order valence-corrected chi connectivity index (χ0v) is 13.2. The fourth-order valence-corrected chi connectivity index (χ4v) is 3.84. The highest BCUT2D eigenvalue weighted by atomic mass is 35.5. The topological polar surface area (TPSA) is 42.6 Å². The molecular formula is C15H10ClNO2S2. The lowest BCUT2D eigenvalue weighted by Crippen LogP contribution is -1.88. The van der Waals surface area contributed by atoms with Crippen molar-refractivity contribution in [3.63, 3.8) is 0 Å². The van der Waals surface area contributed by atoms with E-state index in [9.17, 15) is 4.79 Å². The number of thioether (sulfide) groups is 2. The molecule has 0 N–H and O–H groups in total. The lowest BCUT2D eigenvalue weighted by Gasteiger charge is -2.02. The Morgan fingerprint density at radius 1 is 1.29 bits per heavy atom. The number of benzene rings is 1. The van der Waals surface area contributed by atoms with Gasteiger partial charge in [-0.2, -0.15) is 0 Å². The van der Waals surface area contributed by atoms with Gasteiger partial charge in [0.1, 0.15) is 15.8 Å². The van der Waals surface area contributed by atoms with Crippen molar-refractivity contribution in [2.45, 2.75) is 5.75 Å². The molecule has 0 radical (unpaired) electrons. The van der Waals surface area contributed by atoms with E-state index in [0.29, 0.717) is 17.2 Å². The second kappa shape index (κ2) is 6.56. The molecule has 21 heavy (non-hydrogen) atoms. The number of hydrogen-bond acceptors (Lipinski definition) is 5. The summed E-state index contributed by atoms with van der Waals surface area (Å²) in [6.07, 6.45) is 3.22. The summed E-state index contributed by atoms with van der Waals surface area (Å²) in [7, 11) is 0. The number of rotatable bonds is 3. The highest BCUT2D eigenvalue weighted by molar-refractivity contribution is 8.45. The van der Waals surface area contributed by atoms with Gasteiger partial charge < -0.3 is 4.42 Å². The summed E-state index contributed by atoms with van der Waals surface area (Å²) in [5.74, 6) is 1.31. The fourth-order valence-electron chi connectivity index (χ4n) is 1.71. The van der Waals surface area contributed by atoms with E-state index in [4.69, 9.17) is 16.0 Å². The maximum Gasteiger partial charge on any atom is 0.244 e. The summed E-state index contributed by atoms with van der Waals surface area (Å²) < 4.78 is 5.93. The molecular weight excluding hydrogens is 326 g/mol. The van der Waals surface area contributed by atoms with Crippen molar-refractivity contribution < 1.29 is 9.21 Å². The molecule has 1 aromatic heterocycles. The van der Waals surface area contributed by atoms with Gasteiger partial charge in [-0.05, 0) is 35.5 Å². The zero-order valence-electron chi connectivity index (χ0n) is 10.8. The third-order valence-electron chi connectivity index (χ3n) is 2.73. The first-order valence-electron chi connectivity index (χ1n) is 6.14. The Balaban J connectivity index is 1.70. The van der Waals surface area contributed by atoms with E-state index in [1.54, 1.807) is 24.5 Å². The smallest absolute Gasteiger partial charge is 0.244 e. The van der Waals surface area contributed by atoms with Crippen LogP contribution in [0.1, 0.15) is 11.3 Å². The summed E-state index contributed by atoms with van der Waals surface area (Å²) >= 11 is 8.76. The van der Waals surface area contributed by atoms with Gasteiger partial charge in [-0.25, -0.2) is 4.99 Å². The molecule has 1 aliphatic heterocycles. The van der Waals surface area contributed by atoms with Crippen molar-refractivity contribution in [2.24, 2.45) is 4.99 Å². The first-order chi connectivity index (χ1) is 10.2. The molecule has 2 aromatic rings. The fraction of sp³-hybridized carbons (Fsp3) is 0.0667. The van der Waals surface area contributed by atoms with E-state index in [2.05, 4.69) is 4.99 Å². The molecule has 1 aromatic carbocycles. The Bertz CT molecular complexity index is 723. The largest absolute Gasteiger partial charge is 0.465 e. The van der Waals surface area contributed by atoms with Crippen LogP contribution in [0.5, 0.6) is 0 Å². The highest BCUT2D eigenvalue weighted by Gasteiger charge is 2.23. The van der Waals surface area contributed by atoms with Gasteiger partial charge >= 0.3 is 0 Å². The summed E-state index contributed by atoms with van der Waals surface area (Å²) in [5.41, 5.74) is 1.44. The van der Waals surface area contributed by atoms with Gasteiger partial charge in [0.05, 0.1) is 6.26 Å². The van der Waals surface area contributed by atoms with Gasteiger partial charge in [0.15, 0.2) is 0 Å². The van der Waals surface area contributed by atoms with Crippen molar-refractivity contribution in [3.8, 4) is 0 Å². The molecule has 0 amide bonds. The molecule has 0 saturated carbocycles. The molecule has 0 aliphatic carbocycles. The van der Waals surface area contributed by atoms with Crippen LogP contribution in [0, 0.1) is 0 Å². The number of hydrogen-bond donors (Lipinski definition) is 0. The van der Waals surface area contributed by atoms with Crippen LogP contribution >= 0.6 is 35.1 Å². The number of carbonyl (C=O) groups is 1. The molecule has 2 heterocycles. The van der Waals surface area contributed by atoms with E-state index >= 15 is 0 Å². The van der Waals surface area contributed by atoms with Crippen LogP contribution in [-0.4, -0.2) is 9.49 Å². The molecule has 3 rings (SSSR count). The van der Waals surface area contributed by atoms with Crippen LogP contribution in [0.15, 0.2) is 57.8 Å². The summed E-state index contributed by atoms with van der Waals surface area (Å²) in [5, 5.41) is 0.666. The predicted octanol–water partition coefficient (Wildman–Crippen LogP) is 4.84. The number of furan rings is 1. The van der Waals surface area contributed by atoms with Gasteiger partial charge in [0, 0.05) is 16.9 Å². The van der Waals surface area contributed by atoms with Crippen LogP contribution in [0.4, 0.5) is 0 Å². The van der Waals surface area contributed by atoms with Crippen molar-refractivity contribution in [1.82, 2.24) is 0 Å². The van der Waals surface area contributed by atoms with Crippen LogP contribution < -0.4 is 0 Å². The Labute approximate surface area is 135 Å². The quantitative estimate of drug-likeness (QED) is 0.753. The highest BCUT2D eigenvalue weighted by Crippen LogP contribution is 2.33. The molecule has 0 saturated heterocycles. The maximum atomic E-state index is 11.9. The number of aliphatic imine (C=N–C) groups is 1. The van der Waals surface area contributed by atoms with Gasteiger partial charge in [-0.15, -0.1) is 0 Å². The second-order valence-corrected chi connectivity index (χ2v) is 6.78. The average molecular weight is 336 g/mol. The minimum absolute atomic E-state index is 0.0620. The normalized spacial score (nSPS) is 16.5. The molecule has 1 aliphatic rings. The molecule has 0 fully saturated rings. The molecule has 0 atom stereocenters. The zero-order chi connectivity index (χ0) is 14.7. The van der Waals surface area contributed by atoms with Crippen LogP contribution in [0.3, 0.4) is 0 Å². The van der Waals surface area contributed by atoms with E-state index < -0.39 is 0 Å². The molecule has 106 valence electrons. The third-order valence-corrected chi connectivity index (χ3v) is 5.16. The minimum Gasteiger partial charge on any atom is -0.465 e. The molecule has 3 nitrogen and oxygen atoms in total. The third kappa shape index (κ3) is 3.61. The van der Waals surface area contributed by atoms with Gasteiger partial charge in [-0.3, -0.25) is 4.79 Å². The van der Waals surface area contributed by atoms with Gasteiger partial charge in [0.25, 0.3) is 0 Å². The second-order valence-electron chi connectivity index (χ2n) is 4.19. The average Bonchev–Trinajstić information content (AvgIpc) is 3.09. The lowest BCUT2D eigenvalue weighted by molar-refractivity contribution is -0.107. The summed E-state index contributed by atoms with van der Waals surface area (Å²) in [4.78, 5) is 16.2. The predicted molar refractivity (Wildman–Crippen MR) is 89.5 cm³/mol. The first kappa shape index (κ1) is 14.5. The van der Waals surface area contributed by atoms with Crippen molar-refractivity contribution >= 4 is 50.7 Å². The monoisotopic (exact) mass is 335 g/mol. The Hall–Kier alpha value is -1.43. The van der Waals surface area contributed by atoms with E-state index in [1.807, 2.05) is 24.3 Å². The van der Waals surface area contributed by atoms with E-state index in [-0.39, 0.29) is 5.12 Å². The summed E-state index contributed by atoms with van der Waals surface area (Å²) in [6.45, 7) is 0. The van der Waals surface area contributed by atoms with Crippen LogP contribution in [-0.2, 0) is 10.5 Å². The first-order valence-corrected chi connectivity index (χ1v) is 8.32. The van der Waals surface area contributed by atoms with Crippen LogP contribution in [0.25, 0.3) is 6.08 Å². The molecule has 0 spiro atoms. The minimum atomic E-state index is -0.0620. The number of carbonyl (C=O) groups excluding carboxylic acids is 1. The standard InChI is InChI=1S/C15H10ClNO2S2/c16-12-6-2-1-4-10(12)9-20-15-17-13(14(18)21-15)8-11-5-3-7-19-11/h1-8H,9H2. The number of halogens is 1. The Morgan fingerprint density at radius 2 is 2.14 bits per heavy atom. The summed E-state index contributed by atoms with van der Waals surface area (Å²) in [6, 6.07) is 11.2. The van der Waals surface area contributed by atoms with E-state index in [0.717, 1.165) is 26.7 Å². The van der Waals surface area contributed by atoms with Gasteiger partial charge in [-0.1, -0.05) is 41.6 Å². The maximum absolute atomic E-state index is 11.9.